The van der Waals surface area contributed by atoms with Crippen LogP contribution in [0.15, 0.2) is 41.1 Å². The van der Waals surface area contributed by atoms with Gasteiger partial charge in [-0.2, -0.15) is 11.3 Å². The molecule has 118 valence electrons. The van der Waals surface area contributed by atoms with Crippen LogP contribution < -0.4 is 10.6 Å². The molecule has 22 heavy (non-hydrogen) atoms. The zero-order valence-electron chi connectivity index (χ0n) is 11.8. The summed E-state index contributed by atoms with van der Waals surface area (Å²) in [6.45, 7) is 0.383. The summed E-state index contributed by atoms with van der Waals surface area (Å²) < 4.78 is 18.3. The zero-order valence-corrected chi connectivity index (χ0v) is 12.6. The molecule has 0 spiro atoms. The molecule has 0 aliphatic carbocycles. The Labute approximate surface area is 131 Å². The fraction of sp³-hybridized carbons (Fsp3) is 0.267. The molecule has 0 radical (unpaired) electrons. The molecule has 2 rings (SSSR count). The van der Waals surface area contributed by atoms with Crippen LogP contribution in [0.2, 0.25) is 0 Å². The third-order valence-electron chi connectivity index (χ3n) is 2.88. The first-order valence-electron chi connectivity index (χ1n) is 6.74. The van der Waals surface area contributed by atoms with Gasteiger partial charge in [0.15, 0.2) is 0 Å². The van der Waals surface area contributed by atoms with E-state index >= 15 is 0 Å². The molecule has 1 heterocycles. The number of aliphatic hydroxyl groups is 1. The second-order valence-corrected chi connectivity index (χ2v) is 5.26. The Kier molecular flexibility index (Phi) is 6.32. The van der Waals surface area contributed by atoms with E-state index in [1.165, 1.54) is 35.6 Å². The predicted octanol–water partition coefficient (Wildman–Crippen LogP) is 2.76. The summed E-state index contributed by atoms with van der Waals surface area (Å²) in [6.07, 6.45) is -0.322. The third kappa shape index (κ3) is 5.10. The molecule has 0 aliphatic rings. The van der Waals surface area contributed by atoms with E-state index in [2.05, 4.69) is 10.6 Å². The van der Waals surface area contributed by atoms with E-state index in [1.54, 1.807) is 0 Å². The highest BCUT2D eigenvalue weighted by atomic mass is 32.1. The zero-order chi connectivity index (χ0) is 15.8. The molecule has 0 aliphatic heterocycles. The normalized spacial score (nSPS) is 11.9. The van der Waals surface area contributed by atoms with Gasteiger partial charge in [0, 0.05) is 12.2 Å². The van der Waals surface area contributed by atoms with Crippen LogP contribution in [-0.2, 0) is 4.74 Å². The molecule has 7 heteroatoms. The molecule has 2 aromatic rings. The number of halogens is 1. The number of hydrogen-bond acceptors (Lipinski definition) is 4. The van der Waals surface area contributed by atoms with Gasteiger partial charge in [-0.1, -0.05) is 0 Å². The Balaban J connectivity index is 1.85. The fourth-order valence-corrected chi connectivity index (χ4v) is 2.52. The van der Waals surface area contributed by atoms with Crippen LogP contribution in [0.5, 0.6) is 0 Å². The van der Waals surface area contributed by atoms with Gasteiger partial charge in [-0.25, -0.2) is 9.18 Å². The number of anilines is 1. The van der Waals surface area contributed by atoms with Crippen molar-refractivity contribution < 1.29 is 19.0 Å². The number of ether oxygens (including phenoxy) is 1. The Morgan fingerprint density at radius 1 is 1.32 bits per heavy atom. The second-order valence-electron chi connectivity index (χ2n) is 4.48. The van der Waals surface area contributed by atoms with Crippen LogP contribution >= 0.6 is 11.3 Å². The first kappa shape index (κ1) is 16.4. The molecule has 2 amide bonds. The second kappa shape index (κ2) is 8.47. The Hall–Kier alpha value is -1.96. The predicted molar refractivity (Wildman–Crippen MR) is 83.5 cm³/mol. The van der Waals surface area contributed by atoms with Crippen LogP contribution in [0.3, 0.4) is 0 Å². The van der Waals surface area contributed by atoms with Gasteiger partial charge >= 0.3 is 6.03 Å². The summed E-state index contributed by atoms with van der Waals surface area (Å²) in [5.41, 5.74) is 1.45. The molecule has 0 bridgehead atoms. The SMILES string of the molecule is O=C(NC[C@H](OCCO)c1ccsc1)Nc1ccc(F)cc1. The summed E-state index contributed by atoms with van der Waals surface area (Å²) in [7, 11) is 0. The number of amides is 2. The average molecular weight is 324 g/mol. The number of benzene rings is 1. The van der Waals surface area contributed by atoms with Gasteiger partial charge < -0.3 is 20.5 Å². The summed E-state index contributed by atoms with van der Waals surface area (Å²) in [5.74, 6) is -0.360. The summed E-state index contributed by atoms with van der Waals surface area (Å²) in [6, 6.07) is 7.01. The van der Waals surface area contributed by atoms with Gasteiger partial charge in [0.1, 0.15) is 11.9 Å². The minimum atomic E-state index is -0.403. The highest BCUT2D eigenvalue weighted by Crippen LogP contribution is 2.19. The minimum Gasteiger partial charge on any atom is -0.394 e. The summed E-state index contributed by atoms with van der Waals surface area (Å²) in [4.78, 5) is 11.8. The lowest BCUT2D eigenvalue weighted by atomic mass is 10.2. The number of urea groups is 1. The molecule has 1 atom stereocenters. The van der Waals surface area contributed by atoms with E-state index in [4.69, 9.17) is 9.84 Å². The lowest BCUT2D eigenvalue weighted by Gasteiger charge is -2.17. The standard InChI is InChI=1S/C15H17FN2O3S/c16-12-1-3-13(4-2-12)18-15(20)17-9-14(21-7-6-19)11-5-8-22-10-11/h1-5,8,10,14,19H,6-7,9H2,(H2,17,18,20)/t14-/m0/s1. The van der Waals surface area contributed by atoms with Gasteiger partial charge in [0.2, 0.25) is 0 Å². The number of thiophene rings is 1. The van der Waals surface area contributed by atoms with Crippen LogP contribution in [0.4, 0.5) is 14.9 Å². The average Bonchev–Trinajstić information content (AvgIpc) is 3.04. The topological polar surface area (TPSA) is 70.6 Å². The van der Waals surface area contributed by atoms with Crippen molar-refractivity contribution in [2.75, 3.05) is 25.1 Å². The number of aliphatic hydroxyl groups excluding tert-OH is 1. The molecule has 3 N–H and O–H groups in total. The van der Waals surface area contributed by atoms with Gasteiger partial charge in [-0.05, 0) is 46.7 Å². The highest BCUT2D eigenvalue weighted by Gasteiger charge is 2.14. The molecule has 0 fully saturated rings. The highest BCUT2D eigenvalue weighted by molar-refractivity contribution is 7.07. The van der Waals surface area contributed by atoms with E-state index in [0.717, 1.165) is 5.56 Å². The molecule has 0 unspecified atom stereocenters. The number of rotatable bonds is 7. The monoisotopic (exact) mass is 324 g/mol. The van der Waals surface area contributed by atoms with Crippen molar-refractivity contribution in [3.8, 4) is 0 Å². The molecule has 1 aromatic carbocycles. The Morgan fingerprint density at radius 2 is 2.09 bits per heavy atom. The number of hydrogen-bond donors (Lipinski definition) is 3. The number of nitrogens with one attached hydrogen (secondary N) is 2. The van der Waals surface area contributed by atoms with Crippen molar-refractivity contribution in [1.82, 2.24) is 5.32 Å². The van der Waals surface area contributed by atoms with E-state index < -0.39 is 6.03 Å². The van der Waals surface area contributed by atoms with Gasteiger partial charge in [-0.15, -0.1) is 0 Å². The Bertz CT molecular complexity index is 575. The van der Waals surface area contributed by atoms with Crippen molar-refractivity contribution in [2.45, 2.75) is 6.10 Å². The van der Waals surface area contributed by atoms with E-state index in [1.807, 2.05) is 16.8 Å². The maximum absolute atomic E-state index is 12.8. The van der Waals surface area contributed by atoms with Gasteiger partial charge in [0.05, 0.1) is 13.2 Å². The number of carbonyl (C=O) groups excluding carboxylic acids is 1. The van der Waals surface area contributed by atoms with E-state index in [9.17, 15) is 9.18 Å². The lowest BCUT2D eigenvalue weighted by Crippen LogP contribution is -2.33. The van der Waals surface area contributed by atoms with Crippen molar-refractivity contribution >= 4 is 23.1 Å². The van der Waals surface area contributed by atoms with Crippen LogP contribution in [0.25, 0.3) is 0 Å². The maximum Gasteiger partial charge on any atom is 0.319 e. The fourth-order valence-electron chi connectivity index (χ4n) is 1.82. The summed E-state index contributed by atoms with van der Waals surface area (Å²) in [5, 5.41) is 18.0. The minimum absolute atomic E-state index is 0.0809. The van der Waals surface area contributed by atoms with E-state index in [0.29, 0.717) is 5.69 Å². The quantitative estimate of drug-likeness (QED) is 0.733. The molecule has 0 saturated heterocycles. The maximum atomic E-state index is 12.8. The molecule has 1 aromatic heterocycles. The van der Waals surface area contributed by atoms with Crippen molar-refractivity contribution in [1.29, 1.82) is 0 Å². The van der Waals surface area contributed by atoms with Crippen molar-refractivity contribution in [3.05, 3.63) is 52.5 Å². The first-order chi connectivity index (χ1) is 10.7. The van der Waals surface area contributed by atoms with Gasteiger partial charge in [-0.3, -0.25) is 0 Å². The number of carbonyl (C=O) groups is 1. The lowest BCUT2D eigenvalue weighted by molar-refractivity contribution is 0.0299. The van der Waals surface area contributed by atoms with Crippen LogP contribution in [-0.4, -0.2) is 30.9 Å². The molecule has 0 saturated carbocycles. The van der Waals surface area contributed by atoms with Crippen molar-refractivity contribution in [2.24, 2.45) is 0 Å². The van der Waals surface area contributed by atoms with E-state index in [-0.39, 0.29) is 31.7 Å². The molecule has 5 nitrogen and oxygen atoms in total. The largest absolute Gasteiger partial charge is 0.394 e. The molecular formula is C15H17FN2O3S. The summed E-state index contributed by atoms with van der Waals surface area (Å²) >= 11 is 1.53. The van der Waals surface area contributed by atoms with Gasteiger partial charge in [0.25, 0.3) is 0 Å². The van der Waals surface area contributed by atoms with Crippen molar-refractivity contribution in [3.63, 3.8) is 0 Å². The smallest absolute Gasteiger partial charge is 0.319 e. The molecular weight excluding hydrogens is 307 g/mol. The first-order valence-corrected chi connectivity index (χ1v) is 7.68. The third-order valence-corrected chi connectivity index (χ3v) is 3.58. The Morgan fingerprint density at radius 3 is 2.73 bits per heavy atom. The van der Waals surface area contributed by atoms with Crippen LogP contribution in [0.1, 0.15) is 11.7 Å². The van der Waals surface area contributed by atoms with Crippen LogP contribution in [0, 0.1) is 5.82 Å².